The van der Waals surface area contributed by atoms with E-state index in [1.165, 1.54) is 5.56 Å². The first-order valence-electron chi connectivity index (χ1n) is 10.6. The molecule has 1 atom stereocenters. The highest BCUT2D eigenvalue weighted by atomic mass is 35.5. The molecule has 1 saturated heterocycles. The van der Waals surface area contributed by atoms with Crippen LogP contribution in [0, 0.1) is 0 Å². The topological polar surface area (TPSA) is 74.9 Å². The molecule has 1 aliphatic rings. The monoisotopic (exact) mass is 433 g/mol. The number of rotatable bonds is 8. The summed E-state index contributed by atoms with van der Waals surface area (Å²) in [6.45, 7) is 8.85. The van der Waals surface area contributed by atoms with E-state index < -0.39 is 0 Å². The van der Waals surface area contributed by atoms with Gasteiger partial charge in [-0.1, -0.05) is 42.7 Å². The fraction of sp³-hybridized carbons (Fsp3) is 0.545. The van der Waals surface area contributed by atoms with E-state index >= 15 is 0 Å². The van der Waals surface area contributed by atoms with Crippen molar-refractivity contribution < 1.29 is 9.26 Å². The number of aryl methyl sites for hydroxylation is 2. The Morgan fingerprint density at radius 2 is 1.90 bits per heavy atom. The molecule has 0 bridgehead atoms. The molecule has 1 aromatic carbocycles. The van der Waals surface area contributed by atoms with Crippen LogP contribution in [0.2, 0.25) is 5.02 Å². The molecule has 2 heterocycles. The van der Waals surface area contributed by atoms with Crippen LogP contribution in [0.1, 0.15) is 42.5 Å². The van der Waals surface area contributed by atoms with E-state index in [1.54, 1.807) is 7.05 Å². The number of guanidine groups is 1. The van der Waals surface area contributed by atoms with Gasteiger partial charge in [-0.2, -0.15) is 0 Å². The predicted molar refractivity (Wildman–Crippen MR) is 120 cm³/mol. The van der Waals surface area contributed by atoms with Gasteiger partial charge in [0, 0.05) is 50.2 Å². The molecule has 8 heteroatoms. The van der Waals surface area contributed by atoms with Crippen molar-refractivity contribution in [2.24, 2.45) is 4.99 Å². The smallest absolute Gasteiger partial charge is 0.191 e. The summed E-state index contributed by atoms with van der Waals surface area (Å²) in [5.74, 6) is 1.69. The van der Waals surface area contributed by atoms with Crippen LogP contribution in [0.4, 0.5) is 0 Å². The Bertz CT molecular complexity index is 794. The highest BCUT2D eigenvalue weighted by molar-refractivity contribution is 6.30. The van der Waals surface area contributed by atoms with Gasteiger partial charge in [-0.3, -0.25) is 9.89 Å². The first-order chi connectivity index (χ1) is 14.7. The number of nitrogens with zero attached hydrogens (tertiary/aromatic N) is 3. The molecule has 2 aromatic rings. The van der Waals surface area contributed by atoms with Gasteiger partial charge in [0.05, 0.1) is 24.9 Å². The Hall–Kier alpha value is -2.09. The number of hydrogen-bond acceptors (Lipinski definition) is 5. The van der Waals surface area contributed by atoms with Crippen molar-refractivity contribution >= 4 is 17.6 Å². The molecule has 1 fully saturated rings. The van der Waals surface area contributed by atoms with Gasteiger partial charge in [0.1, 0.15) is 5.76 Å². The van der Waals surface area contributed by atoms with E-state index in [0.717, 1.165) is 73.7 Å². The van der Waals surface area contributed by atoms with E-state index in [2.05, 4.69) is 51.7 Å². The third-order valence-electron chi connectivity index (χ3n) is 5.47. The van der Waals surface area contributed by atoms with E-state index in [9.17, 15) is 0 Å². The SMILES string of the molecule is CCc1noc(CC)c1CNC(=NC)NCC(c1ccc(Cl)cc1)N1CCOCC1. The maximum atomic E-state index is 6.10. The largest absolute Gasteiger partial charge is 0.379 e. The normalized spacial score (nSPS) is 16.5. The predicted octanol–water partition coefficient (Wildman–Crippen LogP) is 3.19. The highest BCUT2D eigenvalue weighted by Crippen LogP contribution is 2.23. The zero-order chi connectivity index (χ0) is 21.3. The number of morpholine rings is 1. The number of nitrogens with one attached hydrogen (secondary N) is 2. The second-order valence-electron chi connectivity index (χ2n) is 7.26. The van der Waals surface area contributed by atoms with Crippen LogP contribution in [0.25, 0.3) is 0 Å². The molecule has 0 radical (unpaired) electrons. The molecular weight excluding hydrogens is 402 g/mol. The van der Waals surface area contributed by atoms with Gasteiger partial charge in [0.2, 0.25) is 0 Å². The third-order valence-corrected chi connectivity index (χ3v) is 5.72. The van der Waals surface area contributed by atoms with E-state index in [-0.39, 0.29) is 6.04 Å². The van der Waals surface area contributed by atoms with E-state index in [1.807, 2.05) is 12.1 Å². The fourth-order valence-corrected chi connectivity index (χ4v) is 3.88. The van der Waals surface area contributed by atoms with Crippen molar-refractivity contribution in [1.82, 2.24) is 20.7 Å². The molecule has 1 aromatic heterocycles. The van der Waals surface area contributed by atoms with Gasteiger partial charge >= 0.3 is 0 Å². The van der Waals surface area contributed by atoms with Crippen LogP contribution in [-0.4, -0.2) is 55.9 Å². The number of halogens is 1. The summed E-state index contributed by atoms with van der Waals surface area (Å²) in [5.41, 5.74) is 3.36. The van der Waals surface area contributed by atoms with Crippen LogP contribution in [0.5, 0.6) is 0 Å². The Balaban J connectivity index is 1.65. The summed E-state index contributed by atoms with van der Waals surface area (Å²) in [4.78, 5) is 6.84. The number of aromatic nitrogens is 1. The zero-order valence-electron chi connectivity index (χ0n) is 18.1. The summed E-state index contributed by atoms with van der Waals surface area (Å²) in [6, 6.07) is 8.29. The molecule has 164 valence electrons. The van der Waals surface area contributed by atoms with Crippen LogP contribution in [0.3, 0.4) is 0 Å². The molecule has 0 saturated carbocycles. The minimum atomic E-state index is 0.206. The van der Waals surface area contributed by atoms with E-state index in [0.29, 0.717) is 6.54 Å². The maximum absolute atomic E-state index is 6.10. The average molecular weight is 434 g/mol. The summed E-state index contributed by atoms with van der Waals surface area (Å²) >= 11 is 6.10. The molecule has 0 aliphatic carbocycles. The first kappa shape index (κ1) is 22.6. The van der Waals surface area contributed by atoms with Crippen molar-refractivity contribution in [3.05, 3.63) is 51.9 Å². The van der Waals surface area contributed by atoms with Crippen LogP contribution < -0.4 is 10.6 Å². The summed E-state index contributed by atoms with van der Waals surface area (Å²) in [6.07, 6.45) is 1.67. The van der Waals surface area contributed by atoms with Gasteiger partial charge in [-0.05, 0) is 24.1 Å². The molecule has 30 heavy (non-hydrogen) atoms. The lowest BCUT2D eigenvalue weighted by Gasteiger charge is -2.35. The fourth-order valence-electron chi connectivity index (χ4n) is 3.76. The Kier molecular flexibility index (Phi) is 8.54. The van der Waals surface area contributed by atoms with Crippen LogP contribution in [-0.2, 0) is 24.1 Å². The standard InChI is InChI=1S/C22H32ClN5O2/c1-4-19-18(21(5-2)30-27-19)14-25-22(24-3)26-15-20(28-10-12-29-13-11-28)16-6-8-17(23)9-7-16/h6-9,20H,4-5,10-15H2,1-3H3,(H2,24,25,26). The second kappa shape index (κ2) is 11.3. The Morgan fingerprint density at radius 3 is 2.53 bits per heavy atom. The van der Waals surface area contributed by atoms with Gasteiger partial charge in [-0.15, -0.1) is 0 Å². The van der Waals surface area contributed by atoms with Gasteiger partial charge in [0.25, 0.3) is 0 Å². The lowest BCUT2D eigenvalue weighted by atomic mass is 10.0. The minimum Gasteiger partial charge on any atom is -0.379 e. The molecule has 1 unspecified atom stereocenters. The number of benzene rings is 1. The van der Waals surface area contributed by atoms with Gasteiger partial charge < -0.3 is 19.9 Å². The number of hydrogen-bond donors (Lipinski definition) is 2. The molecule has 7 nitrogen and oxygen atoms in total. The first-order valence-corrected chi connectivity index (χ1v) is 11.0. The van der Waals surface area contributed by atoms with Crippen molar-refractivity contribution in [2.45, 2.75) is 39.3 Å². The van der Waals surface area contributed by atoms with Crippen molar-refractivity contribution in [2.75, 3.05) is 39.9 Å². The zero-order valence-corrected chi connectivity index (χ0v) is 18.8. The average Bonchev–Trinajstić information content (AvgIpc) is 3.19. The van der Waals surface area contributed by atoms with Crippen LogP contribution >= 0.6 is 11.6 Å². The molecule has 2 N–H and O–H groups in total. The lowest BCUT2D eigenvalue weighted by Crippen LogP contribution is -2.46. The molecule has 0 spiro atoms. The lowest BCUT2D eigenvalue weighted by molar-refractivity contribution is 0.0170. The minimum absolute atomic E-state index is 0.206. The quantitative estimate of drug-likeness (QED) is 0.492. The number of aliphatic imine (C=N–C) groups is 1. The molecule has 1 aliphatic heterocycles. The maximum Gasteiger partial charge on any atom is 0.191 e. The molecule has 0 amide bonds. The van der Waals surface area contributed by atoms with Crippen LogP contribution in [0.15, 0.2) is 33.8 Å². The number of ether oxygens (including phenoxy) is 1. The Morgan fingerprint density at radius 1 is 1.17 bits per heavy atom. The van der Waals surface area contributed by atoms with Crippen molar-refractivity contribution in [1.29, 1.82) is 0 Å². The summed E-state index contributed by atoms with van der Waals surface area (Å²) < 4.78 is 11.0. The third kappa shape index (κ3) is 5.74. The summed E-state index contributed by atoms with van der Waals surface area (Å²) in [5, 5.41) is 11.8. The Labute approximate surface area is 183 Å². The summed E-state index contributed by atoms with van der Waals surface area (Å²) in [7, 11) is 1.79. The molecular formula is C22H32ClN5O2. The van der Waals surface area contributed by atoms with Gasteiger partial charge in [-0.25, -0.2) is 0 Å². The van der Waals surface area contributed by atoms with E-state index in [4.69, 9.17) is 20.9 Å². The van der Waals surface area contributed by atoms with Crippen molar-refractivity contribution in [3.8, 4) is 0 Å². The van der Waals surface area contributed by atoms with Gasteiger partial charge in [0.15, 0.2) is 5.96 Å². The molecule has 3 rings (SSSR count). The van der Waals surface area contributed by atoms with Crippen molar-refractivity contribution in [3.63, 3.8) is 0 Å². The second-order valence-corrected chi connectivity index (χ2v) is 7.70. The highest BCUT2D eigenvalue weighted by Gasteiger charge is 2.23.